The van der Waals surface area contributed by atoms with Crippen LogP contribution in [0.25, 0.3) is 16.3 Å². The van der Waals surface area contributed by atoms with Crippen molar-refractivity contribution in [2.75, 3.05) is 11.9 Å². The van der Waals surface area contributed by atoms with E-state index in [4.69, 9.17) is 4.74 Å². The van der Waals surface area contributed by atoms with Gasteiger partial charge in [0, 0.05) is 11.0 Å². The molecular weight excluding hydrogens is 316 g/mol. The summed E-state index contributed by atoms with van der Waals surface area (Å²) >= 11 is 3.02. The third-order valence-electron chi connectivity index (χ3n) is 2.85. The predicted molar refractivity (Wildman–Crippen MR) is 92.8 cm³/mol. The minimum atomic E-state index is -0.189. The number of para-hydroxylation sites is 1. The average Bonchev–Trinajstić information content (AvgIpc) is 3.14. The van der Waals surface area contributed by atoms with Gasteiger partial charge in [0.2, 0.25) is 5.91 Å². The second-order valence-corrected chi connectivity index (χ2v) is 6.40. The topological polar surface area (TPSA) is 51.2 Å². The van der Waals surface area contributed by atoms with Gasteiger partial charge in [-0.05, 0) is 36.6 Å². The van der Waals surface area contributed by atoms with Crippen molar-refractivity contribution in [3.8, 4) is 5.75 Å². The number of carbonyl (C=O) groups excluding carboxylic acids is 1. The van der Waals surface area contributed by atoms with Gasteiger partial charge in [-0.2, -0.15) is 0 Å². The largest absolute Gasteiger partial charge is 0.492 e. The van der Waals surface area contributed by atoms with Crippen LogP contribution in [0.5, 0.6) is 5.75 Å². The van der Waals surface area contributed by atoms with Crippen LogP contribution < -0.4 is 10.1 Å². The van der Waals surface area contributed by atoms with Crippen LogP contribution in [0.3, 0.4) is 0 Å². The molecule has 1 amide bonds. The lowest BCUT2D eigenvalue weighted by molar-refractivity contribution is -0.111. The van der Waals surface area contributed by atoms with E-state index in [9.17, 15) is 4.79 Å². The van der Waals surface area contributed by atoms with Crippen LogP contribution in [0.2, 0.25) is 0 Å². The van der Waals surface area contributed by atoms with Crippen LogP contribution in [0.15, 0.2) is 41.8 Å². The number of thiophene rings is 1. The van der Waals surface area contributed by atoms with Crippen molar-refractivity contribution in [3.63, 3.8) is 0 Å². The van der Waals surface area contributed by atoms with Gasteiger partial charge < -0.3 is 4.74 Å². The number of rotatable bonds is 5. The summed E-state index contributed by atoms with van der Waals surface area (Å²) in [4.78, 5) is 17.4. The molecule has 0 saturated heterocycles. The third kappa shape index (κ3) is 3.35. The molecule has 0 aliphatic carbocycles. The van der Waals surface area contributed by atoms with Crippen molar-refractivity contribution in [3.05, 3.63) is 46.7 Å². The highest BCUT2D eigenvalue weighted by Gasteiger charge is 2.10. The summed E-state index contributed by atoms with van der Waals surface area (Å²) < 4.78 is 6.54. The molecule has 0 saturated carbocycles. The summed E-state index contributed by atoms with van der Waals surface area (Å²) in [7, 11) is 0. The standard InChI is InChI=1S/C16H14N2O2S2/c1-2-20-12-6-3-7-13-15(12)18-16(22-13)17-14(19)9-8-11-5-4-10-21-11/h3-10H,2H2,1H3,(H,17,18,19). The summed E-state index contributed by atoms with van der Waals surface area (Å²) in [5.41, 5.74) is 0.784. The molecule has 0 aliphatic heterocycles. The number of fused-ring (bicyclic) bond motifs is 1. The Morgan fingerprint density at radius 3 is 3.05 bits per heavy atom. The number of nitrogens with one attached hydrogen (secondary N) is 1. The van der Waals surface area contributed by atoms with E-state index in [1.54, 1.807) is 17.4 Å². The maximum absolute atomic E-state index is 11.9. The zero-order chi connectivity index (χ0) is 15.4. The lowest BCUT2D eigenvalue weighted by atomic mass is 10.3. The fourth-order valence-electron chi connectivity index (χ4n) is 1.94. The Bertz CT molecular complexity index is 807. The van der Waals surface area contributed by atoms with Gasteiger partial charge in [-0.25, -0.2) is 4.98 Å². The van der Waals surface area contributed by atoms with E-state index in [1.165, 1.54) is 17.4 Å². The molecule has 0 fully saturated rings. The van der Waals surface area contributed by atoms with Crippen molar-refractivity contribution in [2.24, 2.45) is 0 Å². The molecule has 0 spiro atoms. The number of nitrogens with zero attached hydrogens (tertiary/aromatic N) is 1. The number of carbonyl (C=O) groups is 1. The number of hydrogen-bond acceptors (Lipinski definition) is 5. The van der Waals surface area contributed by atoms with E-state index in [2.05, 4.69) is 10.3 Å². The maximum Gasteiger partial charge on any atom is 0.250 e. The molecule has 2 aromatic heterocycles. The number of aromatic nitrogens is 1. The Morgan fingerprint density at radius 2 is 2.27 bits per heavy atom. The van der Waals surface area contributed by atoms with Gasteiger partial charge in [-0.3, -0.25) is 10.1 Å². The van der Waals surface area contributed by atoms with E-state index in [1.807, 2.05) is 42.6 Å². The number of benzene rings is 1. The van der Waals surface area contributed by atoms with E-state index in [0.29, 0.717) is 11.7 Å². The minimum absolute atomic E-state index is 0.189. The zero-order valence-corrected chi connectivity index (χ0v) is 13.5. The molecule has 0 aliphatic rings. The summed E-state index contributed by atoms with van der Waals surface area (Å²) in [5.74, 6) is 0.552. The molecule has 3 aromatic rings. The number of hydrogen-bond donors (Lipinski definition) is 1. The van der Waals surface area contributed by atoms with E-state index >= 15 is 0 Å². The van der Waals surface area contributed by atoms with Gasteiger partial charge in [0.05, 0.1) is 11.3 Å². The second kappa shape index (κ2) is 6.72. The fourth-order valence-corrected chi connectivity index (χ4v) is 3.44. The Labute approximate surface area is 136 Å². The Balaban J connectivity index is 1.76. The molecule has 0 bridgehead atoms. The van der Waals surface area contributed by atoms with E-state index in [0.717, 1.165) is 20.8 Å². The Morgan fingerprint density at radius 1 is 1.36 bits per heavy atom. The van der Waals surface area contributed by atoms with Gasteiger partial charge in [0.25, 0.3) is 0 Å². The highest BCUT2D eigenvalue weighted by Crippen LogP contribution is 2.32. The van der Waals surface area contributed by atoms with Gasteiger partial charge in [-0.15, -0.1) is 11.3 Å². The van der Waals surface area contributed by atoms with Crippen molar-refractivity contribution < 1.29 is 9.53 Å². The highest BCUT2D eigenvalue weighted by atomic mass is 32.1. The molecule has 4 nitrogen and oxygen atoms in total. The van der Waals surface area contributed by atoms with Crippen LogP contribution in [-0.2, 0) is 4.79 Å². The highest BCUT2D eigenvalue weighted by molar-refractivity contribution is 7.22. The van der Waals surface area contributed by atoms with Crippen LogP contribution in [0, 0.1) is 0 Å². The van der Waals surface area contributed by atoms with Crippen LogP contribution in [0.4, 0.5) is 5.13 Å². The molecule has 3 rings (SSSR count). The zero-order valence-electron chi connectivity index (χ0n) is 11.9. The SMILES string of the molecule is CCOc1cccc2sc(NC(=O)C=Cc3cccs3)nc12. The number of thiazole rings is 1. The third-order valence-corrected chi connectivity index (χ3v) is 4.63. The molecule has 0 atom stereocenters. The van der Waals surface area contributed by atoms with Crippen molar-refractivity contribution >= 4 is 50.0 Å². The molecular formula is C16H14N2O2S2. The van der Waals surface area contributed by atoms with Crippen LogP contribution in [-0.4, -0.2) is 17.5 Å². The Hall–Kier alpha value is -2.18. The van der Waals surface area contributed by atoms with Crippen molar-refractivity contribution in [1.82, 2.24) is 4.98 Å². The number of ether oxygens (including phenoxy) is 1. The average molecular weight is 330 g/mol. The molecule has 0 unspecified atom stereocenters. The predicted octanol–water partition coefficient (Wildman–Crippen LogP) is 4.41. The first-order chi connectivity index (χ1) is 10.8. The first kappa shape index (κ1) is 14.7. The first-order valence-corrected chi connectivity index (χ1v) is 8.51. The molecule has 1 aromatic carbocycles. The van der Waals surface area contributed by atoms with E-state index in [-0.39, 0.29) is 5.91 Å². The molecule has 2 heterocycles. The molecule has 0 radical (unpaired) electrons. The fraction of sp³-hybridized carbons (Fsp3) is 0.125. The summed E-state index contributed by atoms with van der Waals surface area (Å²) in [6, 6.07) is 9.68. The van der Waals surface area contributed by atoms with Gasteiger partial charge >= 0.3 is 0 Å². The normalized spacial score (nSPS) is 11.1. The number of anilines is 1. The maximum atomic E-state index is 11.9. The van der Waals surface area contributed by atoms with Gasteiger partial charge in [0.15, 0.2) is 5.13 Å². The first-order valence-electron chi connectivity index (χ1n) is 6.81. The summed E-state index contributed by atoms with van der Waals surface area (Å²) in [6.45, 7) is 2.52. The van der Waals surface area contributed by atoms with Crippen LogP contribution in [0.1, 0.15) is 11.8 Å². The quantitative estimate of drug-likeness (QED) is 0.705. The van der Waals surface area contributed by atoms with Crippen molar-refractivity contribution in [1.29, 1.82) is 0 Å². The Kier molecular flexibility index (Phi) is 4.50. The smallest absolute Gasteiger partial charge is 0.250 e. The summed E-state index contributed by atoms with van der Waals surface area (Å²) in [6.07, 6.45) is 3.31. The minimum Gasteiger partial charge on any atom is -0.492 e. The molecule has 22 heavy (non-hydrogen) atoms. The van der Waals surface area contributed by atoms with Crippen LogP contribution >= 0.6 is 22.7 Å². The molecule has 1 N–H and O–H groups in total. The monoisotopic (exact) mass is 330 g/mol. The summed E-state index contributed by atoms with van der Waals surface area (Å²) in [5, 5.41) is 5.34. The molecule has 6 heteroatoms. The lowest BCUT2D eigenvalue weighted by Crippen LogP contribution is -2.07. The van der Waals surface area contributed by atoms with Crippen molar-refractivity contribution in [2.45, 2.75) is 6.92 Å². The number of amides is 1. The second-order valence-electron chi connectivity index (χ2n) is 4.39. The lowest BCUT2D eigenvalue weighted by Gasteiger charge is -2.01. The van der Waals surface area contributed by atoms with Gasteiger partial charge in [0.1, 0.15) is 11.3 Å². The molecule has 112 valence electrons. The van der Waals surface area contributed by atoms with E-state index < -0.39 is 0 Å². The van der Waals surface area contributed by atoms with Gasteiger partial charge in [-0.1, -0.05) is 23.5 Å².